The van der Waals surface area contributed by atoms with E-state index < -0.39 is 11.9 Å². The van der Waals surface area contributed by atoms with Crippen LogP contribution in [0.25, 0.3) is 5.52 Å². The van der Waals surface area contributed by atoms with Crippen LogP contribution in [0, 0.1) is 0 Å². The summed E-state index contributed by atoms with van der Waals surface area (Å²) in [4.78, 5) is 23.3. The van der Waals surface area contributed by atoms with Crippen LogP contribution in [0.5, 0.6) is 0 Å². The van der Waals surface area contributed by atoms with Gasteiger partial charge in [0.25, 0.3) is 0 Å². The number of rotatable bonds is 2. The highest BCUT2D eigenvalue weighted by atomic mass is 16.5. The number of pyridine rings is 1. The van der Waals surface area contributed by atoms with Gasteiger partial charge in [0.2, 0.25) is 0 Å². The average molecular weight is 249 g/mol. The maximum atomic E-state index is 11.7. The second kappa shape index (κ2) is 4.36. The Kier molecular flexibility index (Phi) is 2.88. The van der Waals surface area contributed by atoms with Crippen LogP contribution in [0.1, 0.15) is 20.8 Å². The lowest BCUT2D eigenvalue weighted by Crippen LogP contribution is -2.10. The van der Waals surface area contributed by atoms with Crippen molar-refractivity contribution in [1.82, 2.24) is 9.61 Å². The van der Waals surface area contributed by atoms with E-state index in [2.05, 4.69) is 14.6 Å². The third-order valence-corrected chi connectivity index (χ3v) is 2.46. The highest BCUT2D eigenvalue weighted by molar-refractivity contribution is 6.07. The quantitative estimate of drug-likeness (QED) is 0.778. The van der Waals surface area contributed by atoms with Crippen molar-refractivity contribution in [2.75, 3.05) is 20.0 Å². The van der Waals surface area contributed by atoms with Gasteiger partial charge < -0.3 is 15.2 Å². The van der Waals surface area contributed by atoms with E-state index in [9.17, 15) is 9.59 Å². The molecule has 2 rings (SSSR count). The van der Waals surface area contributed by atoms with Gasteiger partial charge >= 0.3 is 11.9 Å². The molecule has 0 radical (unpaired) electrons. The second-order valence-electron chi connectivity index (χ2n) is 3.45. The van der Waals surface area contributed by atoms with Crippen LogP contribution >= 0.6 is 0 Å². The van der Waals surface area contributed by atoms with Gasteiger partial charge in [-0.05, 0) is 12.1 Å². The van der Waals surface area contributed by atoms with Crippen molar-refractivity contribution in [1.29, 1.82) is 0 Å². The Morgan fingerprint density at radius 1 is 1.22 bits per heavy atom. The Morgan fingerprint density at radius 3 is 2.50 bits per heavy atom. The van der Waals surface area contributed by atoms with E-state index in [0.717, 1.165) is 0 Å². The van der Waals surface area contributed by atoms with Crippen LogP contribution in [0.2, 0.25) is 0 Å². The van der Waals surface area contributed by atoms with Crippen molar-refractivity contribution in [3.8, 4) is 0 Å². The molecule has 0 spiro atoms. The summed E-state index contributed by atoms with van der Waals surface area (Å²) in [7, 11) is 2.43. The number of methoxy groups -OCH3 is 2. The number of carbonyl (C=O) groups excluding carboxylic acids is 2. The van der Waals surface area contributed by atoms with Gasteiger partial charge in [-0.3, -0.25) is 0 Å². The highest BCUT2D eigenvalue weighted by Crippen LogP contribution is 2.20. The maximum absolute atomic E-state index is 11.7. The van der Waals surface area contributed by atoms with Crippen LogP contribution in [-0.2, 0) is 9.47 Å². The lowest BCUT2D eigenvalue weighted by atomic mass is 10.2. The molecule has 2 N–H and O–H groups in total. The molecule has 94 valence electrons. The number of nitrogens with zero attached hydrogens (tertiary/aromatic N) is 2. The van der Waals surface area contributed by atoms with E-state index >= 15 is 0 Å². The molecule has 0 aliphatic rings. The molecule has 0 aromatic carbocycles. The maximum Gasteiger partial charge on any atom is 0.359 e. The molecule has 0 unspecified atom stereocenters. The molecule has 0 atom stereocenters. The Hall–Kier alpha value is -2.57. The molecule has 2 heterocycles. The zero-order valence-corrected chi connectivity index (χ0v) is 9.84. The first-order valence-corrected chi connectivity index (χ1v) is 5.04. The van der Waals surface area contributed by atoms with E-state index in [1.807, 2.05) is 0 Å². The molecule has 0 amide bonds. The van der Waals surface area contributed by atoms with Crippen molar-refractivity contribution in [3.05, 3.63) is 29.5 Å². The lowest BCUT2D eigenvalue weighted by molar-refractivity contribution is 0.0553. The van der Waals surface area contributed by atoms with E-state index in [0.29, 0.717) is 11.3 Å². The molecule has 0 aliphatic heterocycles. The molecular weight excluding hydrogens is 238 g/mol. The van der Waals surface area contributed by atoms with Gasteiger partial charge in [-0.15, -0.1) is 0 Å². The molecule has 0 fully saturated rings. The van der Waals surface area contributed by atoms with Gasteiger partial charge in [0.05, 0.1) is 19.7 Å². The number of nitrogen functional groups attached to an aromatic ring is 1. The monoisotopic (exact) mass is 249 g/mol. The summed E-state index contributed by atoms with van der Waals surface area (Å²) in [6.07, 6.45) is 0. The summed E-state index contributed by atoms with van der Waals surface area (Å²) < 4.78 is 10.5. The minimum Gasteiger partial charge on any atom is -0.465 e. The zero-order chi connectivity index (χ0) is 13.3. The highest BCUT2D eigenvalue weighted by Gasteiger charge is 2.26. The fourth-order valence-electron chi connectivity index (χ4n) is 1.63. The van der Waals surface area contributed by atoms with Crippen LogP contribution in [0.15, 0.2) is 18.2 Å². The Balaban J connectivity index is 2.80. The number of carbonyl (C=O) groups is 2. The van der Waals surface area contributed by atoms with Gasteiger partial charge in [0.1, 0.15) is 11.4 Å². The summed E-state index contributed by atoms with van der Waals surface area (Å²) in [6, 6.07) is 4.87. The molecular formula is C11H11N3O4. The Morgan fingerprint density at radius 2 is 1.89 bits per heavy atom. The number of nitrogens with two attached hydrogens (primary N) is 1. The molecule has 2 aromatic rings. The Labute approximate surface area is 102 Å². The largest absolute Gasteiger partial charge is 0.465 e. The first kappa shape index (κ1) is 11.9. The predicted octanol–water partition coefficient (Wildman–Crippen LogP) is 0.490. The van der Waals surface area contributed by atoms with Crippen molar-refractivity contribution in [2.45, 2.75) is 0 Å². The van der Waals surface area contributed by atoms with Crippen LogP contribution in [0.3, 0.4) is 0 Å². The van der Waals surface area contributed by atoms with Crippen molar-refractivity contribution >= 4 is 23.3 Å². The minimum atomic E-state index is -0.724. The molecule has 18 heavy (non-hydrogen) atoms. The summed E-state index contributed by atoms with van der Waals surface area (Å²) >= 11 is 0. The Bertz CT molecular complexity index is 632. The van der Waals surface area contributed by atoms with E-state index in [4.69, 9.17) is 5.73 Å². The molecule has 0 aliphatic carbocycles. The topological polar surface area (TPSA) is 95.9 Å². The van der Waals surface area contributed by atoms with E-state index in [1.165, 1.54) is 18.7 Å². The third-order valence-electron chi connectivity index (χ3n) is 2.46. The van der Waals surface area contributed by atoms with Gasteiger partial charge in [0, 0.05) is 0 Å². The SMILES string of the molecule is COC(=O)c1nn2c(N)cccc2c1C(=O)OC. The predicted molar refractivity (Wildman–Crippen MR) is 62.3 cm³/mol. The normalized spacial score (nSPS) is 10.3. The smallest absolute Gasteiger partial charge is 0.359 e. The molecule has 0 bridgehead atoms. The third kappa shape index (κ3) is 1.65. The van der Waals surface area contributed by atoms with Gasteiger partial charge in [-0.1, -0.05) is 6.07 Å². The fourth-order valence-corrected chi connectivity index (χ4v) is 1.63. The molecule has 0 saturated carbocycles. The lowest BCUT2D eigenvalue weighted by Gasteiger charge is -2.00. The number of ether oxygens (including phenoxy) is 2. The van der Waals surface area contributed by atoms with Gasteiger partial charge in [-0.25, -0.2) is 14.1 Å². The van der Waals surface area contributed by atoms with Crippen LogP contribution in [-0.4, -0.2) is 35.8 Å². The summed E-state index contributed by atoms with van der Waals surface area (Å²) in [5.41, 5.74) is 6.02. The van der Waals surface area contributed by atoms with E-state index in [1.54, 1.807) is 18.2 Å². The molecule has 7 nitrogen and oxygen atoms in total. The number of esters is 2. The zero-order valence-electron chi connectivity index (χ0n) is 9.84. The average Bonchev–Trinajstić information content (AvgIpc) is 2.77. The molecule has 7 heteroatoms. The number of hydrogen-bond donors (Lipinski definition) is 1. The first-order chi connectivity index (χ1) is 8.60. The van der Waals surface area contributed by atoms with Crippen LogP contribution < -0.4 is 5.73 Å². The summed E-state index contributed by atoms with van der Waals surface area (Å²) in [5, 5.41) is 3.97. The van der Waals surface area contributed by atoms with Gasteiger partial charge in [-0.2, -0.15) is 5.10 Å². The van der Waals surface area contributed by atoms with Crippen molar-refractivity contribution in [2.24, 2.45) is 0 Å². The second-order valence-corrected chi connectivity index (χ2v) is 3.45. The van der Waals surface area contributed by atoms with Crippen LogP contribution in [0.4, 0.5) is 5.82 Å². The molecule has 2 aromatic heterocycles. The standard InChI is InChI=1S/C11H11N3O4/c1-17-10(15)8-6-4-3-5-7(12)14(6)13-9(8)11(16)18-2/h3-5H,12H2,1-2H3. The number of anilines is 1. The van der Waals surface area contributed by atoms with Crippen molar-refractivity contribution < 1.29 is 19.1 Å². The fraction of sp³-hybridized carbons (Fsp3) is 0.182. The van der Waals surface area contributed by atoms with E-state index in [-0.39, 0.29) is 11.3 Å². The van der Waals surface area contributed by atoms with Crippen molar-refractivity contribution in [3.63, 3.8) is 0 Å². The summed E-state index contributed by atoms with van der Waals surface area (Å²) in [5.74, 6) is -1.10. The summed E-state index contributed by atoms with van der Waals surface area (Å²) in [6.45, 7) is 0. The van der Waals surface area contributed by atoms with Gasteiger partial charge in [0.15, 0.2) is 5.69 Å². The first-order valence-electron chi connectivity index (χ1n) is 5.04. The number of aromatic nitrogens is 2. The molecule has 0 saturated heterocycles. The minimum absolute atomic E-state index is 0.0386. The number of hydrogen-bond acceptors (Lipinski definition) is 6. The number of fused-ring (bicyclic) bond motifs is 1.